The Bertz CT molecular complexity index is 807. The van der Waals surface area contributed by atoms with E-state index in [1.807, 2.05) is 12.1 Å². The highest BCUT2D eigenvalue weighted by Gasteiger charge is 2.43. The molecular weight excluding hydrogens is 300 g/mol. The first kappa shape index (κ1) is 15.0. The largest absolute Gasteiger partial charge is 0.497 e. The maximum atomic E-state index is 12.2. The normalized spacial score (nSPS) is 24.1. The van der Waals surface area contributed by atoms with Crippen LogP contribution >= 0.6 is 0 Å². The lowest BCUT2D eigenvalue weighted by Crippen LogP contribution is -2.31. The molecule has 0 aromatic heterocycles. The molecule has 3 heteroatoms. The van der Waals surface area contributed by atoms with E-state index in [0.717, 1.165) is 17.7 Å². The number of fused-ring (bicyclic) bond motifs is 1. The van der Waals surface area contributed by atoms with E-state index in [9.17, 15) is 4.79 Å². The van der Waals surface area contributed by atoms with Crippen molar-refractivity contribution in [2.24, 2.45) is 0 Å². The second-order valence-corrected chi connectivity index (χ2v) is 6.44. The molecule has 0 saturated heterocycles. The highest BCUT2D eigenvalue weighted by atomic mass is 16.5. The van der Waals surface area contributed by atoms with Crippen molar-refractivity contribution in [2.45, 2.75) is 24.2 Å². The van der Waals surface area contributed by atoms with Crippen molar-refractivity contribution in [2.75, 3.05) is 14.2 Å². The van der Waals surface area contributed by atoms with E-state index in [4.69, 9.17) is 9.47 Å². The van der Waals surface area contributed by atoms with E-state index >= 15 is 0 Å². The molecule has 2 bridgehead atoms. The van der Waals surface area contributed by atoms with Gasteiger partial charge in [0.15, 0.2) is 0 Å². The Morgan fingerprint density at radius 1 is 1.04 bits per heavy atom. The summed E-state index contributed by atoms with van der Waals surface area (Å²) in [6, 6.07) is 16.7. The number of carbonyl (C=O) groups is 1. The molecule has 0 N–H and O–H groups in total. The first-order valence-electron chi connectivity index (χ1n) is 8.25. The van der Waals surface area contributed by atoms with E-state index < -0.39 is 0 Å². The number of esters is 1. The molecule has 0 fully saturated rings. The third kappa shape index (κ3) is 2.23. The van der Waals surface area contributed by atoms with Gasteiger partial charge in [-0.05, 0) is 41.2 Å². The van der Waals surface area contributed by atoms with Crippen molar-refractivity contribution in [1.82, 2.24) is 0 Å². The number of hydrogen-bond donors (Lipinski definition) is 0. The molecule has 3 atom stereocenters. The fourth-order valence-corrected chi connectivity index (χ4v) is 4.21. The fourth-order valence-electron chi connectivity index (χ4n) is 4.21. The summed E-state index contributed by atoms with van der Waals surface area (Å²) < 4.78 is 10.4. The van der Waals surface area contributed by atoms with Crippen LogP contribution in [0.15, 0.2) is 60.2 Å². The lowest BCUT2D eigenvalue weighted by molar-refractivity contribution is -0.136. The number of benzene rings is 2. The summed E-state index contributed by atoms with van der Waals surface area (Å²) in [5.74, 6) is 1.30. The van der Waals surface area contributed by atoms with Gasteiger partial charge in [-0.25, -0.2) is 4.79 Å². The molecule has 122 valence electrons. The van der Waals surface area contributed by atoms with Gasteiger partial charge in [0.25, 0.3) is 0 Å². The molecule has 0 spiro atoms. The molecule has 3 aliphatic rings. The molecule has 2 aromatic carbocycles. The summed E-state index contributed by atoms with van der Waals surface area (Å²) in [7, 11) is 3.14. The van der Waals surface area contributed by atoms with Crippen LogP contribution < -0.4 is 4.74 Å². The molecular formula is C21H20O3. The molecule has 24 heavy (non-hydrogen) atoms. The molecule has 0 heterocycles. The number of ether oxygens (including phenoxy) is 2. The number of hydrogen-bond acceptors (Lipinski definition) is 3. The van der Waals surface area contributed by atoms with Gasteiger partial charge in [0.1, 0.15) is 5.75 Å². The van der Waals surface area contributed by atoms with Crippen molar-refractivity contribution >= 4 is 5.97 Å². The van der Waals surface area contributed by atoms with Gasteiger partial charge in [0.2, 0.25) is 0 Å². The molecule has 0 aliphatic heterocycles. The minimum atomic E-state index is -0.210. The van der Waals surface area contributed by atoms with Crippen LogP contribution in [0.5, 0.6) is 5.75 Å². The summed E-state index contributed by atoms with van der Waals surface area (Å²) in [5.41, 5.74) is 4.62. The van der Waals surface area contributed by atoms with Crippen LogP contribution in [0.1, 0.15) is 40.9 Å². The van der Waals surface area contributed by atoms with Crippen LogP contribution in [0.2, 0.25) is 0 Å². The van der Waals surface area contributed by atoms with Gasteiger partial charge in [0.05, 0.1) is 14.2 Å². The second kappa shape index (κ2) is 5.82. The summed E-state index contributed by atoms with van der Waals surface area (Å²) >= 11 is 0. The molecule has 3 nitrogen and oxygen atoms in total. The van der Waals surface area contributed by atoms with Crippen molar-refractivity contribution in [3.63, 3.8) is 0 Å². The topological polar surface area (TPSA) is 35.5 Å². The Hall–Kier alpha value is -2.55. The third-order valence-corrected chi connectivity index (χ3v) is 5.33. The van der Waals surface area contributed by atoms with E-state index in [0.29, 0.717) is 5.92 Å². The Kier molecular flexibility index (Phi) is 3.64. The zero-order chi connectivity index (χ0) is 16.7. The van der Waals surface area contributed by atoms with Crippen LogP contribution in [0.4, 0.5) is 0 Å². The number of methoxy groups -OCH3 is 2. The lowest BCUT2D eigenvalue weighted by Gasteiger charge is -2.42. The second-order valence-electron chi connectivity index (χ2n) is 6.44. The van der Waals surface area contributed by atoms with Crippen LogP contribution in [0, 0.1) is 0 Å². The van der Waals surface area contributed by atoms with Gasteiger partial charge in [-0.3, -0.25) is 0 Å². The molecule has 5 rings (SSSR count). The minimum Gasteiger partial charge on any atom is -0.497 e. The number of carbonyl (C=O) groups excluding carboxylic acids is 1. The van der Waals surface area contributed by atoms with Gasteiger partial charge in [-0.1, -0.05) is 42.5 Å². The molecule has 0 radical (unpaired) electrons. The number of allylic oxidation sites excluding steroid dienone is 1. The predicted octanol–water partition coefficient (Wildman–Crippen LogP) is 4.16. The minimum absolute atomic E-state index is 0.0913. The maximum absolute atomic E-state index is 12.2. The lowest BCUT2D eigenvalue weighted by atomic mass is 9.61. The Morgan fingerprint density at radius 2 is 1.83 bits per heavy atom. The van der Waals surface area contributed by atoms with Crippen LogP contribution in [-0.4, -0.2) is 20.2 Å². The summed E-state index contributed by atoms with van der Waals surface area (Å²) in [6.07, 6.45) is 3.05. The Morgan fingerprint density at radius 3 is 2.54 bits per heavy atom. The standard InChI is InChI=1S/C21H20O3/c1-23-14-8-9-15-17(10-14)19-12-20(21(22)24-2)18(15)11-16(19)13-6-4-3-5-7-13/h3-10,12,16,18-19H,11H2,1-2H3. The monoisotopic (exact) mass is 320 g/mol. The van der Waals surface area contributed by atoms with Crippen molar-refractivity contribution in [3.05, 3.63) is 76.9 Å². The zero-order valence-electron chi connectivity index (χ0n) is 13.9. The van der Waals surface area contributed by atoms with E-state index in [1.54, 1.807) is 7.11 Å². The SMILES string of the molecule is COC(=O)C1=CC2c3cc(OC)ccc3C1CC2c1ccccc1. The Balaban J connectivity index is 1.84. The van der Waals surface area contributed by atoms with Gasteiger partial charge in [0, 0.05) is 17.4 Å². The fraction of sp³-hybridized carbons (Fsp3) is 0.286. The molecule has 2 aromatic rings. The maximum Gasteiger partial charge on any atom is 0.334 e. The van der Waals surface area contributed by atoms with E-state index in [-0.39, 0.29) is 17.8 Å². The molecule has 3 aliphatic carbocycles. The van der Waals surface area contributed by atoms with Gasteiger partial charge in [-0.2, -0.15) is 0 Å². The first-order valence-corrected chi connectivity index (χ1v) is 8.25. The van der Waals surface area contributed by atoms with Crippen molar-refractivity contribution in [1.29, 1.82) is 0 Å². The van der Waals surface area contributed by atoms with E-state index in [1.165, 1.54) is 23.8 Å². The highest BCUT2D eigenvalue weighted by Crippen LogP contribution is 2.56. The Labute approximate surface area is 141 Å². The quantitative estimate of drug-likeness (QED) is 0.797. The average molecular weight is 320 g/mol. The average Bonchev–Trinajstić information content (AvgIpc) is 2.67. The molecule has 0 saturated carbocycles. The first-order chi connectivity index (χ1) is 11.7. The van der Waals surface area contributed by atoms with Crippen LogP contribution in [0.25, 0.3) is 0 Å². The summed E-state index contributed by atoms with van der Waals surface area (Å²) in [6.45, 7) is 0. The van der Waals surface area contributed by atoms with Gasteiger partial charge < -0.3 is 9.47 Å². The van der Waals surface area contributed by atoms with Gasteiger partial charge >= 0.3 is 5.97 Å². The highest BCUT2D eigenvalue weighted by molar-refractivity contribution is 5.91. The van der Waals surface area contributed by atoms with Crippen molar-refractivity contribution in [3.8, 4) is 5.75 Å². The summed E-state index contributed by atoms with van der Waals surface area (Å²) in [5, 5.41) is 0. The van der Waals surface area contributed by atoms with Crippen LogP contribution in [-0.2, 0) is 9.53 Å². The third-order valence-electron chi connectivity index (χ3n) is 5.33. The molecule has 3 unspecified atom stereocenters. The predicted molar refractivity (Wildman–Crippen MR) is 92.4 cm³/mol. The van der Waals surface area contributed by atoms with E-state index in [2.05, 4.69) is 42.5 Å². The number of rotatable bonds is 3. The summed E-state index contributed by atoms with van der Waals surface area (Å²) in [4.78, 5) is 12.2. The van der Waals surface area contributed by atoms with Gasteiger partial charge in [-0.15, -0.1) is 0 Å². The van der Waals surface area contributed by atoms with Crippen LogP contribution in [0.3, 0.4) is 0 Å². The molecule has 0 amide bonds. The zero-order valence-corrected chi connectivity index (χ0v) is 13.9. The smallest absolute Gasteiger partial charge is 0.334 e. The van der Waals surface area contributed by atoms with Crippen molar-refractivity contribution < 1.29 is 14.3 Å².